The first-order valence-corrected chi connectivity index (χ1v) is 6.38. The first-order valence-electron chi connectivity index (χ1n) is 6.38. The highest BCUT2D eigenvalue weighted by Gasteiger charge is 2.08. The second-order valence-electron chi connectivity index (χ2n) is 4.53. The minimum absolute atomic E-state index is 1.10. The minimum atomic E-state index is 1.10. The molecule has 2 rings (SSSR count). The highest BCUT2D eigenvalue weighted by Crippen LogP contribution is 2.13. The molecule has 1 N–H and O–H groups in total. The Kier molecular flexibility index (Phi) is 4.02. The Morgan fingerprint density at radius 2 is 2.00 bits per heavy atom. The zero-order valence-electron chi connectivity index (χ0n) is 10.7. The largest absolute Gasteiger partial charge is 0.388 e. The van der Waals surface area contributed by atoms with Gasteiger partial charge in [-0.1, -0.05) is 12.1 Å². The fourth-order valence-corrected chi connectivity index (χ4v) is 2.15. The summed E-state index contributed by atoms with van der Waals surface area (Å²) in [5, 5.41) is 10.1. The molecule has 0 unspecified atom stereocenters. The van der Waals surface area contributed by atoms with Crippen LogP contribution in [0.3, 0.4) is 0 Å². The number of nitrogens with zero attached hydrogens (tertiary/aromatic N) is 2. The van der Waals surface area contributed by atoms with Gasteiger partial charge in [-0.15, -0.1) is 0 Å². The second kappa shape index (κ2) is 5.71. The first kappa shape index (κ1) is 12.0. The standard InChI is InChI=1S/C14H21N3/c1-12(16-17-9-4-3-5-10-17)13-7-6-8-14(11-13)15-2/h6-8,11,15H,3-5,9-10H2,1-2H3/b16-12-. The molecule has 0 spiro atoms. The van der Waals surface area contributed by atoms with Gasteiger partial charge in [0.1, 0.15) is 0 Å². The van der Waals surface area contributed by atoms with Crippen LogP contribution in [-0.2, 0) is 0 Å². The monoisotopic (exact) mass is 231 g/mol. The average molecular weight is 231 g/mol. The van der Waals surface area contributed by atoms with E-state index in [0.717, 1.165) is 24.5 Å². The third-order valence-electron chi connectivity index (χ3n) is 3.19. The van der Waals surface area contributed by atoms with Gasteiger partial charge < -0.3 is 5.32 Å². The van der Waals surface area contributed by atoms with Crippen LogP contribution in [0.15, 0.2) is 29.4 Å². The van der Waals surface area contributed by atoms with Crippen LogP contribution in [-0.4, -0.2) is 30.9 Å². The molecule has 0 aromatic heterocycles. The highest BCUT2D eigenvalue weighted by atomic mass is 15.4. The van der Waals surface area contributed by atoms with Crippen LogP contribution < -0.4 is 5.32 Å². The summed E-state index contributed by atoms with van der Waals surface area (Å²) in [5.41, 5.74) is 3.43. The van der Waals surface area contributed by atoms with Crippen LogP contribution in [0.25, 0.3) is 0 Å². The summed E-state index contributed by atoms with van der Waals surface area (Å²) in [6, 6.07) is 8.39. The van der Waals surface area contributed by atoms with E-state index in [1.807, 2.05) is 7.05 Å². The Balaban J connectivity index is 2.11. The molecule has 92 valence electrons. The van der Waals surface area contributed by atoms with E-state index in [-0.39, 0.29) is 0 Å². The zero-order chi connectivity index (χ0) is 12.1. The third kappa shape index (κ3) is 3.22. The average Bonchev–Trinajstić information content (AvgIpc) is 2.40. The molecule has 1 aromatic carbocycles. The van der Waals surface area contributed by atoms with Crippen LogP contribution in [0.4, 0.5) is 5.69 Å². The van der Waals surface area contributed by atoms with Gasteiger partial charge in [-0.2, -0.15) is 5.10 Å². The molecule has 3 heteroatoms. The van der Waals surface area contributed by atoms with Crippen molar-refractivity contribution in [1.29, 1.82) is 0 Å². The third-order valence-corrected chi connectivity index (χ3v) is 3.19. The Bertz CT molecular complexity index is 392. The van der Waals surface area contributed by atoms with E-state index in [0.29, 0.717) is 0 Å². The number of piperidine rings is 1. The molecular formula is C14H21N3. The Labute approximate surface area is 104 Å². The van der Waals surface area contributed by atoms with Crippen molar-refractivity contribution >= 4 is 11.4 Å². The normalized spacial score (nSPS) is 17.1. The Morgan fingerprint density at radius 1 is 1.24 bits per heavy atom. The lowest BCUT2D eigenvalue weighted by Crippen LogP contribution is -2.25. The number of benzene rings is 1. The second-order valence-corrected chi connectivity index (χ2v) is 4.53. The van der Waals surface area contributed by atoms with Crippen molar-refractivity contribution in [3.63, 3.8) is 0 Å². The van der Waals surface area contributed by atoms with Gasteiger partial charge in [-0.3, -0.25) is 5.01 Å². The summed E-state index contributed by atoms with van der Waals surface area (Å²) < 4.78 is 0. The maximum absolute atomic E-state index is 4.70. The van der Waals surface area contributed by atoms with Crippen molar-refractivity contribution in [1.82, 2.24) is 5.01 Å². The summed E-state index contributed by atoms with van der Waals surface area (Å²) in [5.74, 6) is 0. The molecule has 0 aliphatic carbocycles. The van der Waals surface area contributed by atoms with Gasteiger partial charge in [0.05, 0.1) is 5.71 Å². The predicted molar refractivity (Wildman–Crippen MR) is 73.6 cm³/mol. The number of hydrazone groups is 1. The van der Waals surface area contributed by atoms with Crippen molar-refractivity contribution in [2.75, 3.05) is 25.5 Å². The molecule has 17 heavy (non-hydrogen) atoms. The number of nitrogens with one attached hydrogen (secondary N) is 1. The summed E-state index contributed by atoms with van der Waals surface area (Å²) in [6.45, 7) is 4.29. The van der Waals surface area contributed by atoms with Crippen LogP contribution in [0.5, 0.6) is 0 Å². The quantitative estimate of drug-likeness (QED) is 0.810. The predicted octanol–water partition coefficient (Wildman–Crippen LogP) is 2.94. The van der Waals surface area contributed by atoms with E-state index < -0.39 is 0 Å². The topological polar surface area (TPSA) is 27.6 Å². The van der Waals surface area contributed by atoms with E-state index in [4.69, 9.17) is 5.10 Å². The maximum atomic E-state index is 4.70. The van der Waals surface area contributed by atoms with Gasteiger partial charge in [0.25, 0.3) is 0 Å². The lowest BCUT2D eigenvalue weighted by molar-refractivity contribution is 0.239. The van der Waals surface area contributed by atoms with Crippen molar-refractivity contribution < 1.29 is 0 Å². The SMILES string of the molecule is CNc1cccc(/C(C)=N\N2CCCCC2)c1. The van der Waals surface area contributed by atoms with Gasteiger partial charge in [0, 0.05) is 25.8 Å². The van der Waals surface area contributed by atoms with Gasteiger partial charge in [0.2, 0.25) is 0 Å². The number of hydrogen-bond donors (Lipinski definition) is 1. The van der Waals surface area contributed by atoms with E-state index in [9.17, 15) is 0 Å². The molecule has 1 aliphatic rings. The summed E-state index contributed by atoms with van der Waals surface area (Å²) in [7, 11) is 1.94. The summed E-state index contributed by atoms with van der Waals surface area (Å²) >= 11 is 0. The first-order chi connectivity index (χ1) is 8.29. The van der Waals surface area contributed by atoms with Crippen molar-refractivity contribution in [2.24, 2.45) is 5.10 Å². The van der Waals surface area contributed by atoms with Gasteiger partial charge >= 0.3 is 0 Å². The molecule has 1 aliphatic heterocycles. The van der Waals surface area contributed by atoms with Crippen molar-refractivity contribution in [3.8, 4) is 0 Å². The number of rotatable bonds is 3. The molecule has 3 nitrogen and oxygen atoms in total. The lowest BCUT2D eigenvalue weighted by atomic mass is 10.1. The van der Waals surface area contributed by atoms with Gasteiger partial charge in [-0.25, -0.2) is 0 Å². The zero-order valence-corrected chi connectivity index (χ0v) is 10.7. The molecule has 0 bridgehead atoms. The molecular weight excluding hydrogens is 210 g/mol. The minimum Gasteiger partial charge on any atom is -0.388 e. The fraction of sp³-hybridized carbons (Fsp3) is 0.500. The van der Waals surface area contributed by atoms with Crippen LogP contribution >= 0.6 is 0 Å². The van der Waals surface area contributed by atoms with E-state index in [1.54, 1.807) is 0 Å². The summed E-state index contributed by atoms with van der Waals surface area (Å²) in [4.78, 5) is 0. The number of hydrogen-bond acceptors (Lipinski definition) is 3. The maximum Gasteiger partial charge on any atom is 0.0647 e. The Morgan fingerprint density at radius 3 is 2.71 bits per heavy atom. The molecule has 1 fully saturated rings. The fourth-order valence-electron chi connectivity index (χ4n) is 2.15. The van der Waals surface area contributed by atoms with E-state index in [1.165, 1.54) is 24.8 Å². The molecule has 0 atom stereocenters. The molecule has 0 radical (unpaired) electrons. The van der Waals surface area contributed by atoms with Crippen LogP contribution in [0.2, 0.25) is 0 Å². The van der Waals surface area contributed by atoms with E-state index >= 15 is 0 Å². The molecule has 0 saturated carbocycles. The van der Waals surface area contributed by atoms with Crippen LogP contribution in [0, 0.1) is 0 Å². The summed E-state index contributed by atoms with van der Waals surface area (Å²) in [6.07, 6.45) is 3.89. The molecule has 1 aromatic rings. The highest BCUT2D eigenvalue weighted by molar-refractivity contribution is 5.99. The molecule has 1 saturated heterocycles. The number of anilines is 1. The van der Waals surface area contributed by atoms with Gasteiger partial charge in [0.15, 0.2) is 0 Å². The van der Waals surface area contributed by atoms with Crippen LogP contribution in [0.1, 0.15) is 31.7 Å². The molecule has 0 amide bonds. The van der Waals surface area contributed by atoms with Gasteiger partial charge in [-0.05, 0) is 43.9 Å². The molecule has 1 heterocycles. The Hall–Kier alpha value is -1.51. The van der Waals surface area contributed by atoms with E-state index in [2.05, 4.69) is 41.5 Å². The van der Waals surface area contributed by atoms with Crippen molar-refractivity contribution in [3.05, 3.63) is 29.8 Å². The smallest absolute Gasteiger partial charge is 0.0647 e. The van der Waals surface area contributed by atoms with Crippen molar-refractivity contribution in [2.45, 2.75) is 26.2 Å². The lowest BCUT2D eigenvalue weighted by Gasteiger charge is -2.24.